The van der Waals surface area contributed by atoms with E-state index in [1.165, 1.54) is 12.0 Å². The second-order valence-corrected chi connectivity index (χ2v) is 13.3. The first-order chi connectivity index (χ1) is 23.6. The van der Waals surface area contributed by atoms with Gasteiger partial charge in [-0.25, -0.2) is 0 Å². The Kier molecular flexibility index (Phi) is 10.1. The van der Waals surface area contributed by atoms with Gasteiger partial charge in [-0.15, -0.1) is 0 Å². The number of fused-ring (bicyclic) bond motifs is 2. The Bertz CT molecular complexity index is 1640. The first-order valence-electron chi connectivity index (χ1n) is 17.0. The number of hydrogen-bond donors (Lipinski definition) is 2. The van der Waals surface area contributed by atoms with Crippen molar-refractivity contribution < 1.29 is 38.5 Å². The number of nitrogens with zero attached hydrogens (tertiary/aromatic N) is 2. The van der Waals surface area contributed by atoms with Gasteiger partial charge in [0.05, 0.1) is 37.3 Å². The number of aliphatic hydroxyl groups is 1. The summed E-state index contributed by atoms with van der Waals surface area (Å²) in [6, 6.07) is 12.4. The van der Waals surface area contributed by atoms with Crippen LogP contribution in [0.5, 0.6) is 0 Å². The lowest BCUT2D eigenvalue weighted by Crippen LogP contribution is -2.58. The number of hydrogen-bond acceptors (Lipinski definition) is 8. The number of allylic oxidation sites excluding steroid dienone is 1. The van der Waals surface area contributed by atoms with Gasteiger partial charge < -0.3 is 34.4 Å². The SMILES string of the molecule is CC[C@@H](CO)N1C(=O)[C@H]2[C@@H]3C(=O)O[C@H](c4ccccc4)[C@@H](COC)NC(=O)CC/C=C\CN(c4cc(C)ccc4C)C(=O)[C@H]1[C@@]21C=C[C@@H]3O1. The number of ether oxygens (including phenoxy) is 3. The van der Waals surface area contributed by atoms with Gasteiger partial charge in [0.25, 0.3) is 5.91 Å². The first-order valence-corrected chi connectivity index (χ1v) is 17.0. The van der Waals surface area contributed by atoms with Gasteiger partial charge in [0.2, 0.25) is 11.8 Å². The second-order valence-electron chi connectivity index (χ2n) is 13.3. The number of nitrogens with one attached hydrogen (secondary N) is 1. The third-order valence-electron chi connectivity index (χ3n) is 10.2. The highest BCUT2D eigenvalue weighted by Gasteiger charge is 2.74. The number of methoxy groups -OCH3 is 1. The molecule has 5 bridgehead atoms. The molecule has 0 radical (unpaired) electrons. The highest BCUT2D eigenvalue weighted by Crippen LogP contribution is 2.56. The lowest BCUT2D eigenvalue weighted by atomic mass is 9.74. The van der Waals surface area contributed by atoms with Gasteiger partial charge in [0.15, 0.2) is 0 Å². The van der Waals surface area contributed by atoms with Crippen molar-refractivity contribution in [1.29, 1.82) is 0 Å². The van der Waals surface area contributed by atoms with Gasteiger partial charge in [0.1, 0.15) is 23.7 Å². The van der Waals surface area contributed by atoms with Crippen LogP contribution in [0.4, 0.5) is 5.69 Å². The Morgan fingerprint density at radius 2 is 1.84 bits per heavy atom. The van der Waals surface area contributed by atoms with Crippen LogP contribution in [0.15, 0.2) is 72.8 Å². The minimum Gasteiger partial charge on any atom is -0.455 e. The van der Waals surface area contributed by atoms with E-state index < -0.39 is 59.6 Å². The molecule has 3 amide bonds. The number of esters is 1. The Morgan fingerprint density at radius 3 is 2.55 bits per heavy atom. The summed E-state index contributed by atoms with van der Waals surface area (Å²) >= 11 is 0. The molecule has 4 aliphatic heterocycles. The minimum atomic E-state index is -1.46. The molecule has 4 heterocycles. The van der Waals surface area contributed by atoms with Crippen LogP contribution in [0.3, 0.4) is 0 Å². The summed E-state index contributed by atoms with van der Waals surface area (Å²) in [5.74, 6) is -3.89. The predicted octanol–water partition coefficient (Wildman–Crippen LogP) is 3.32. The van der Waals surface area contributed by atoms with Gasteiger partial charge in [-0.2, -0.15) is 0 Å². The summed E-state index contributed by atoms with van der Waals surface area (Å²) in [6.07, 6.45) is 6.40. The molecule has 49 heavy (non-hydrogen) atoms. The maximum atomic E-state index is 15.1. The van der Waals surface area contributed by atoms with E-state index >= 15 is 4.79 Å². The van der Waals surface area contributed by atoms with E-state index in [-0.39, 0.29) is 38.0 Å². The van der Waals surface area contributed by atoms with E-state index in [0.29, 0.717) is 24.1 Å². The zero-order valence-corrected chi connectivity index (χ0v) is 28.4. The second kappa shape index (κ2) is 14.3. The number of aryl methyl sites for hydroxylation is 2. The number of amides is 3. The summed E-state index contributed by atoms with van der Waals surface area (Å²) in [5.41, 5.74) is 1.68. The molecule has 0 aliphatic carbocycles. The molecule has 0 saturated carbocycles. The van der Waals surface area contributed by atoms with Crippen LogP contribution in [-0.4, -0.2) is 90.4 Å². The molecule has 2 saturated heterocycles. The standard InChI is InChI=1S/C38H45N3O8/c1-5-26(21-42)41-34-36(45)40(28-20-23(2)15-16-24(28)3)19-11-7-10-14-30(43)39-27(22-47-4)33(25-12-8-6-9-13-25)48-37(46)31-29-17-18-38(34,49-29)32(31)35(41)44/h6-9,11-13,15-18,20,26-27,29,31-34,42H,5,10,14,19,21-22H2,1-4H3,(H,39,43)/b11-7-/t26-,27+,29-,31+,32+,33+,34-,38+/m0/s1. The van der Waals surface area contributed by atoms with E-state index in [1.807, 2.05) is 81.5 Å². The van der Waals surface area contributed by atoms with Crippen LogP contribution in [0.1, 0.15) is 49.0 Å². The van der Waals surface area contributed by atoms with Crippen molar-refractivity contribution in [2.24, 2.45) is 11.8 Å². The molecule has 0 unspecified atom stereocenters. The fourth-order valence-electron chi connectivity index (χ4n) is 7.83. The quantitative estimate of drug-likeness (QED) is 0.338. The van der Waals surface area contributed by atoms with Crippen molar-refractivity contribution in [2.45, 2.75) is 76.0 Å². The molecule has 1 spiro atoms. The maximum absolute atomic E-state index is 15.1. The highest BCUT2D eigenvalue weighted by atomic mass is 16.6. The fourth-order valence-corrected chi connectivity index (χ4v) is 7.83. The van der Waals surface area contributed by atoms with Crippen molar-refractivity contribution in [3.05, 3.63) is 89.5 Å². The average molecular weight is 672 g/mol. The first kappa shape index (κ1) is 34.5. The molecule has 2 aromatic rings. The Hall–Kier alpha value is -4.32. The fraction of sp³-hybridized carbons (Fsp3) is 0.474. The van der Waals surface area contributed by atoms with E-state index in [1.54, 1.807) is 17.1 Å². The minimum absolute atomic E-state index is 0.0645. The molecule has 260 valence electrons. The number of aliphatic hydroxyl groups excluding tert-OH is 1. The van der Waals surface area contributed by atoms with Crippen LogP contribution >= 0.6 is 0 Å². The monoisotopic (exact) mass is 671 g/mol. The number of carbonyl (C=O) groups excluding carboxylic acids is 4. The Balaban J connectivity index is 1.49. The molecule has 2 fully saturated rings. The van der Waals surface area contributed by atoms with Gasteiger partial charge in [-0.05, 0) is 49.4 Å². The van der Waals surface area contributed by atoms with E-state index in [9.17, 15) is 19.5 Å². The van der Waals surface area contributed by atoms with E-state index in [4.69, 9.17) is 14.2 Å². The third-order valence-corrected chi connectivity index (χ3v) is 10.2. The number of anilines is 1. The summed E-state index contributed by atoms with van der Waals surface area (Å²) < 4.78 is 18.3. The molecule has 4 aliphatic rings. The number of carbonyl (C=O) groups is 4. The lowest BCUT2D eigenvalue weighted by Gasteiger charge is -2.39. The largest absolute Gasteiger partial charge is 0.455 e. The van der Waals surface area contributed by atoms with Gasteiger partial charge in [-0.1, -0.05) is 73.7 Å². The van der Waals surface area contributed by atoms with Gasteiger partial charge in [-0.3, -0.25) is 19.2 Å². The molecule has 11 nitrogen and oxygen atoms in total. The van der Waals surface area contributed by atoms with Crippen LogP contribution in [0.2, 0.25) is 0 Å². The van der Waals surface area contributed by atoms with Crippen molar-refractivity contribution in [3.63, 3.8) is 0 Å². The number of rotatable bonds is 7. The van der Waals surface area contributed by atoms with Crippen LogP contribution in [0, 0.1) is 25.7 Å². The zero-order chi connectivity index (χ0) is 34.9. The van der Waals surface area contributed by atoms with E-state index in [0.717, 1.165) is 11.1 Å². The Labute approximate surface area is 286 Å². The Morgan fingerprint density at radius 1 is 1.06 bits per heavy atom. The average Bonchev–Trinajstić information content (AvgIpc) is 3.74. The molecule has 11 heteroatoms. The third kappa shape index (κ3) is 6.19. The van der Waals surface area contributed by atoms with Crippen LogP contribution < -0.4 is 10.2 Å². The van der Waals surface area contributed by atoms with E-state index in [2.05, 4.69) is 5.32 Å². The summed E-state index contributed by atoms with van der Waals surface area (Å²) in [7, 11) is 1.51. The molecule has 2 aromatic carbocycles. The van der Waals surface area contributed by atoms with Crippen molar-refractivity contribution in [1.82, 2.24) is 10.2 Å². The molecule has 2 N–H and O–H groups in total. The normalized spacial score (nSPS) is 31.4. The molecule has 8 atom stereocenters. The lowest BCUT2D eigenvalue weighted by molar-refractivity contribution is -0.162. The number of cyclic esters (lactones) is 1. The summed E-state index contributed by atoms with van der Waals surface area (Å²) in [6.45, 7) is 5.58. The van der Waals surface area contributed by atoms with Crippen molar-refractivity contribution in [3.8, 4) is 0 Å². The van der Waals surface area contributed by atoms with Gasteiger partial charge in [0, 0.05) is 25.8 Å². The van der Waals surface area contributed by atoms with Gasteiger partial charge >= 0.3 is 5.97 Å². The number of benzene rings is 2. The highest BCUT2D eigenvalue weighted by molar-refractivity contribution is 6.05. The topological polar surface area (TPSA) is 135 Å². The smallest absolute Gasteiger partial charge is 0.313 e. The predicted molar refractivity (Wildman–Crippen MR) is 181 cm³/mol. The molecule has 6 rings (SSSR count). The molecular weight excluding hydrogens is 626 g/mol. The maximum Gasteiger partial charge on any atom is 0.313 e. The summed E-state index contributed by atoms with van der Waals surface area (Å²) in [4.78, 5) is 60.4. The van der Waals surface area contributed by atoms with Crippen LogP contribution in [0.25, 0.3) is 0 Å². The van der Waals surface area contributed by atoms with Crippen LogP contribution in [-0.2, 0) is 33.4 Å². The zero-order valence-electron chi connectivity index (χ0n) is 28.4. The molecule has 0 aromatic heterocycles. The number of likely N-dealkylation sites (tertiary alicyclic amines) is 1. The summed E-state index contributed by atoms with van der Waals surface area (Å²) in [5, 5.41) is 13.5. The van der Waals surface area contributed by atoms with Crippen molar-refractivity contribution >= 4 is 29.4 Å². The molecular formula is C38H45N3O8. The van der Waals surface area contributed by atoms with Crippen molar-refractivity contribution in [2.75, 3.05) is 31.8 Å².